The molecule has 0 bridgehead atoms. The number of halogens is 2. The number of nitrogens with one attached hydrogen (secondary N) is 1. The molecule has 0 aliphatic heterocycles. The zero-order valence-electron chi connectivity index (χ0n) is 12.2. The zero-order chi connectivity index (χ0) is 16.0. The predicted octanol–water partition coefficient (Wildman–Crippen LogP) is 1.64. The molecule has 1 amide bonds. The molecule has 0 saturated heterocycles. The van der Waals surface area contributed by atoms with Crippen molar-refractivity contribution in [3.05, 3.63) is 29.8 Å². The molecule has 0 heterocycles. The highest BCUT2D eigenvalue weighted by Crippen LogP contribution is 2.15. The molecular formula is C14H18F2N2O3. The molecule has 0 fully saturated rings. The van der Waals surface area contributed by atoms with Gasteiger partial charge in [0.05, 0.1) is 25.3 Å². The number of nitrogens with zero attached hydrogens (tertiary/aromatic N) is 1. The molecule has 116 valence electrons. The number of carbonyl (C=O) groups is 2. The van der Waals surface area contributed by atoms with E-state index >= 15 is 0 Å². The fourth-order valence-electron chi connectivity index (χ4n) is 1.84. The van der Waals surface area contributed by atoms with E-state index in [1.807, 2.05) is 0 Å². The Kier molecular flexibility index (Phi) is 6.23. The van der Waals surface area contributed by atoms with Gasteiger partial charge in [0.1, 0.15) is 11.6 Å². The number of anilines is 1. The summed E-state index contributed by atoms with van der Waals surface area (Å²) in [6, 6.07) is 2.81. The van der Waals surface area contributed by atoms with Gasteiger partial charge in [-0.1, -0.05) is 6.92 Å². The average molecular weight is 300 g/mol. The van der Waals surface area contributed by atoms with Gasteiger partial charge in [0.2, 0.25) is 5.91 Å². The maximum Gasteiger partial charge on any atom is 0.309 e. The molecule has 1 atom stereocenters. The quantitative estimate of drug-likeness (QED) is 0.812. The van der Waals surface area contributed by atoms with Gasteiger partial charge in [-0.25, -0.2) is 8.78 Å². The number of esters is 1. The Morgan fingerprint density at radius 2 is 2.05 bits per heavy atom. The Bertz CT molecular complexity index is 523. The van der Waals surface area contributed by atoms with Crippen LogP contribution in [0, 0.1) is 17.6 Å². The topological polar surface area (TPSA) is 58.6 Å². The second-order valence-electron chi connectivity index (χ2n) is 4.79. The van der Waals surface area contributed by atoms with Gasteiger partial charge in [-0.2, -0.15) is 0 Å². The molecule has 0 saturated carbocycles. The van der Waals surface area contributed by atoms with Gasteiger partial charge in [-0.3, -0.25) is 14.5 Å². The molecule has 7 heteroatoms. The van der Waals surface area contributed by atoms with E-state index in [9.17, 15) is 18.4 Å². The van der Waals surface area contributed by atoms with Crippen molar-refractivity contribution in [3.8, 4) is 0 Å². The standard InChI is InChI=1S/C14H18F2N2O3/c1-9(14(20)21-3)7-18(2)8-13(19)17-12-6-10(15)4-5-11(12)16/h4-6,9H,7-8H2,1-3H3,(H,17,19). The minimum atomic E-state index is -0.713. The summed E-state index contributed by atoms with van der Waals surface area (Å²) in [7, 11) is 2.93. The van der Waals surface area contributed by atoms with Crippen LogP contribution in [0.5, 0.6) is 0 Å². The van der Waals surface area contributed by atoms with Crippen molar-refractivity contribution >= 4 is 17.6 Å². The van der Waals surface area contributed by atoms with E-state index < -0.39 is 23.5 Å². The second-order valence-corrected chi connectivity index (χ2v) is 4.79. The maximum absolute atomic E-state index is 13.4. The predicted molar refractivity (Wildman–Crippen MR) is 73.7 cm³/mol. The van der Waals surface area contributed by atoms with Crippen LogP contribution in [-0.2, 0) is 14.3 Å². The van der Waals surface area contributed by atoms with Crippen LogP contribution in [0.25, 0.3) is 0 Å². The van der Waals surface area contributed by atoms with Crippen LogP contribution in [0.4, 0.5) is 14.5 Å². The van der Waals surface area contributed by atoms with Crippen molar-refractivity contribution in [2.24, 2.45) is 5.92 Å². The van der Waals surface area contributed by atoms with Crippen LogP contribution in [0.1, 0.15) is 6.92 Å². The van der Waals surface area contributed by atoms with Gasteiger partial charge < -0.3 is 10.1 Å². The van der Waals surface area contributed by atoms with Gasteiger partial charge in [-0.05, 0) is 19.2 Å². The molecule has 1 aromatic carbocycles. The van der Waals surface area contributed by atoms with Crippen molar-refractivity contribution in [1.29, 1.82) is 0 Å². The van der Waals surface area contributed by atoms with Crippen LogP contribution >= 0.6 is 0 Å². The van der Waals surface area contributed by atoms with E-state index in [1.165, 1.54) is 7.11 Å². The number of likely N-dealkylation sites (N-methyl/N-ethyl adjacent to an activating group) is 1. The van der Waals surface area contributed by atoms with Crippen molar-refractivity contribution in [3.63, 3.8) is 0 Å². The van der Waals surface area contributed by atoms with Crippen LogP contribution in [0.15, 0.2) is 18.2 Å². The minimum Gasteiger partial charge on any atom is -0.469 e. The van der Waals surface area contributed by atoms with Crippen LogP contribution in [0.3, 0.4) is 0 Å². The fourth-order valence-corrected chi connectivity index (χ4v) is 1.84. The van der Waals surface area contributed by atoms with Crippen LogP contribution in [-0.4, -0.2) is 44.0 Å². The molecule has 0 aliphatic rings. The molecule has 1 aromatic rings. The Labute approximate surface area is 121 Å². The number of rotatable bonds is 6. The molecule has 1 rings (SSSR count). The highest BCUT2D eigenvalue weighted by molar-refractivity contribution is 5.92. The Hall–Kier alpha value is -2.02. The third-order valence-electron chi connectivity index (χ3n) is 2.81. The third kappa shape index (κ3) is 5.47. The van der Waals surface area contributed by atoms with E-state index in [0.717, 1.165) is 18.2 Å². The van der Waals surface area contributed by atoms with E-state index in [1.54, 1.807) is 18.9 Å². The van der Waals surface area contributed by atoms with Crippen molar-refractivity contribution in [1.82, 2.24) is 4.90 Å². The molecule has 5 nitrogen and oxygen atoms in total. The first-order chi connectivity index (χ1) is 9.83. The summed E-state index contributed by atoms with van der Waals surface area (Å²) in [6.45, 7) is 1.93. The van der Waals surface area contributed by atoms with Crippen molar-refractivity contribution in [2.45, 2.75) is 6.92 Å². The summed E-state index contributed by atoms with van der Waals surface area (Å²) in [5.74, 6) is -2.62. The van der Waals surface area contributed by atoms with Crippen molar-refractivity contribution < 1.29 is 23.1 Å². The summed E-state index contributed by atoms with van der Waals surface area (Å²) >= 11 is 0. The first-order valence-corrected chi connectivity index (χ1v) is 6.34. The lowest BCUT2D eigenvalue weighted by Crippen LogP contribution is -2.35. The number of methoxy groups -OCH3 is 1. The molecular weight excluding hydrogens is 282 g/mol. The largest absolute Gasteiger partial charge is 0.469 e. The summed E-state index contributed by atoms with van der Waals surface area (Å²) in [5, 5.41) is 2.29. The Morgan fingerprint density at radius 1 is 1.38 bits per heavy atom. The number of carbonyl (C=O) groups excluding carboxylic acids is 2. The van der Waals surface area contributed by atoms with E-state index in [2.05, 4.69) is 10.1 Å². The molecule has 0 aromatic heterocycles. The summed E-state index contributed by atoms with van der Waals surface area (Å²) in [4.78, 5) is 24.6. The number of hydrogen-bond acceptors (Lipinski definition) is 4. The van der Waals surface area contributed by atoms with Crippen molar-refractivity contribution in [2.75, 3.05) is 32.6 Å². The second kappa shape index (κ2) is 7.68. The summed E-state index contributed by atoms with van der Waals surface area (Å²) < 4.78 is 30.9. The molecule has 0 spiro atoms. The molecule has 0 radical (unpaired) electrons. The first-order valence-electron chi connectivity index (χ1n) is 6.34. The van der Waals surface area contributed by atoms with Crippen LogP contribution < -0.4 is 5.32 Å². The third-order valence-corrected chi connectivity index (χ3v) is 2.81. The van der Waals surface area contributed by atoms with E-state index in [4.69, 9.17) is 0 Å². The van der Waals surface area contributed by atoms with Gasteiger partial charge in [0.15, 0.2) is 0 Å². The number of hydrogen-bond donors (Lipinski definition) is 1. The monoisotopic (exact) mass is 300 g/mol. The number of benzene rings is 1. The van der Waals surface area contributed by atoms with Gasteiger partial charge in [0, 0.05) is 12.6 Å². The Balaban J connectivity index is 2.53. The highest BCUT2D eigenvalue weighted by Gasteiger charge is 2.17. The van der Waals surface area contributed by atoms with E-state index in [0.29, 0.717) is 6.54 Å². The summed E-state index contributed by atoms with van der Waals surface area (Å²) in [5.41, 5.74) is -0.214. The average Bonchev–Trinajstić information content (AvgIpc) is 2.41. The minimum absolute atomic E-state index is 0.0582. The van der Waals surface area contributed by atoms with Crippen LogP contribution in [0.2, 0.25) is 0 Å². The normalized spacial score (nSPS) is 12.1. The van der Waals surface area contributed by atoms with Gasteiger partial charge in [-0.15, -0.1) is 0 Å². The molecule has 1 N–H and O–H groups in total. The number of ether oxygens (including phenoxy) is 1. The molecule has 21 heavy (non-hydrogen) atoms. The first kappa shape index (κ1) is 17.0. The highest BCUT2D eigenvalue weighted by atomic mass is 19.1. The lowest BCUT2D eigenvalue weighted by atomic mass is 10.2. The van der Waals surface area contributed by atoms with Gasteiger partial charge in [0.25, 0.3) is 0 Å². The lowest BCUT2D eigenvalue weighted by Gasteiger charge is -2.19. The lowest BCUT2D eigenvalue weighted by molar-refractivity contribution is -0.145. The molecule has 1 unspecified atom stereocenters. The summed E-state index contributed by atoms with van der Waals surface area (Å²) in [6.07, 6.45) is 0. The smallest absolute Gasteiger partial charge is 0.309 e. The zero-order valence-corrected chi connectivity index (χ0v) is 12.2. The fraction of sp³-hybridized carbons (Fsp3) is 0.429. The van der Waals surface area contributed by atoms with Gasteiger partial charge >= 0.3 is 5.97 Å². The SMILES string of the molecule is COC(=O)C(C)CN(C)CC(=O)Nc1cc(F)ccc1F. The number of amides is 1. The Morgan fingerprint density at radius 3 is 2.67 bits per heavy atom. The van der Waals surface area contributed by atoms with E-state index in [-0.39, 0.29) is 18.2 Å². The maximum atomic E-state index is 13.4. The molecule has 0 aliphatic carbocycles.